The summed E-state index contributed by atoms with van der Waals surface area (Å²) in [6.07, 6.45) is -4.55. The molecule has 35 heavy (non-hydrogen) atoms. The number of fused-ring (bicyclic) bond motifs is 1. The molecule has 0 unspecified atom stereocenters. The Labute approximate surface area is 210 Å². The third kappa shape index (κ3) is 5.97. The van der Waals surface area contributed by atoms with Crippen LogP contribution in [0.15, 0.2) is 36.4 Å². The van der Waals surface area contributed by atoms with Crippen LogP contribution in [0.5, 0.6) is 11.5 Å². The number of anilines is 1. The van der Waals surface area contributed by atoms with Gasteiger partial charge in [0.1, 0.15) is 21.7 Å². The van der Waals surface area contributed by atoms with Gasteiger partial charge in [0.15, 0.2) is 5.13 Å². The Morgan fingerprint density at radius 3 is 2.49 bits per heavy atom. The van der Waals surface area contributed by atoms with E-state index >= 15 is 0 Å². The van der Waals surface area contributed by atoms with E-state index in [0.29, 0.717) is 59.7 Å². The molecule has 1 fully saturated rings. The number of carbonyl (C=O) groups excluding carboxylic acids is 1. The first-order chi connectivity index (χ1) is 16.3. The van der Waals surface area contributed by atoms with E-state index in [4.69, 9.17) is 14.2 Å². The van der Waals surface area contributed by atoms with Gasteiger partial charge < -0.3 is 14.2 Å². The van der Waals surface area contributed by atoms with Crippen molar-refractivity contribution < 1.29 is 32.2 Å². The molecule has 0 bridgehead atoms. The van der Waals surface area contributed by atoms with Crippen molar-refractivity contribution >= 4 is 45.0 Å². The minimum Gasteiger partial charge on any atom is -0.495 e. The predicted molar refractivity (Wildman–Crippen MR) is 130 cm³/mol. The van der Waals surface area contributed by atoms with E-state index in [2.05, 4.69) is 9.88 Å². The third-order valence-corrected chi connectivity index (χ3v) is 6.65. The fourth-order valence-electron chi connectivity index (χ4n) is 3.72. The summed E-state index contributed by atoms with van der Waals surface area (Å²) in [6, 6.07) is 7.91. The van der Waals surface area contributed by atoms with Gasteiger partial charge in [-0.2, -0.15) is 13.2 Å². The summed E-state index contributed by atoms with van der Waals surface area (Å²) in [4.78, 5) is 21.7. The molecule has 7 nitrogen and oxygen atoms in total. The number of morpholine rings is 1. The summed E-state index contributed by atoms with van der Waals surface area (Å²) in [5.74, 6) is 0.522. The lowest BCUT2D eigenvalue weighted by molar-refractivity contribution is -0.137. The first-order valence-corrected chi connectivity index (χ1v) is 11.4. The van der Waals surface area contributed by atoms with Gasteiger partial charge >= 0.3 is 6.18 Å². The number of benzene rings is 2. The molecular formula is C23H25ClF3N3O4S. The maximum Gasteiger partial charge on any atom is 0.416 e. The molecule has 2 aromatic carbocycles. The van der Waals surface area contributed by atoms with E-state index in [0.717, 1.165) is 12.1 Å². The summed E-state index contributed by atoms with van der Waals surface area (Å²) >= 11 is 1.23. The van der Waals surface area contributed by atoms with Crippen LogP contribution in [0.3, 0.4) is 0 Å². The Bertz CT molecular complexity index is 1130. The molecule has 0 aliphatic carbocycles. The quantitative estimate of drug-likeness (QED) is 0.439. The van der Waals surface area contributed by atoms with Crippen LogP contribution in [0.2, 0.25) is 0 Å². The van der Waals surface area contributed by atoms with E-state index in [1.807, 2.05) is 0 Å². The zero-order chi connectivity index (χ0) is 24.3. The second kappa shape index (κ2) is 11.4. The molecule has 0 radical (unpaired) electrons. The maximum atomic E-state index is 13.5. The molecule has 1 saturated heterocycles. The largest absolute Gasteiger partial charge is 0.495 e. The molecule has 190 valence electrons. The van der Waals surface area contributed by atoms with E-state index in [1.54, 1.807) is 12.1 Å². The van der Waals surface area contributed by atoms with Crippen molar-refractivity contribution in [3.05, 3.63) is 47.5 Å². The Balaban J connectivity index is 0.00000342. The highest BCUT2D eigenvalue weighted by atomic mass is 35.5. The molecule has 0 atom stereocenters. The predicted octanol–water partition coefficient (Wildman–Crippen LogP) is 4.73. The number of nitrogens with zero attached hydrogens (tertiary/aromatic N) is 3. The second-order valence-corrected chi connectivity index (χ2v) is 8.61. The maximum absolute atomic E-state index is 13.5. The number of halogens is 4. The van der Waals surface area contributed by atoms with Crippen LogP contribution in [-0.2, 0) is 10.9 Å². The lowest BCUT2D eigenvalue weighted by Crippen LogP contribution is -2.43. The summed E-state index contributed by atoms with van der Waals surface area (Å²) < 4.78 is 56.7. The van der Waals surface area contributed by atoms with Gasteiger partial charge in [0.2, 0.25) is 0 Å². The van der Waals surface area contributed by atoms with Gasteiger partial charge in [0, 0.05) is 31.7 Å². The van der Waals surface area contributed by atoms with Gasteiger partial charge in [0.25, 0.3) is 5.91 Å². The lowest BCUT2D eigenvalue weighted by atomic mass is 10.1. The molecule has 3 aromatic rings. The number of ether oxygens (including phenoxy) is 3. The van der Waals surface area contributed by atoms with Gasteiger partial charge in [-0.25, -0.2) is 4.98 Å². The normalized spacial score (nSPS) is 14.4. The Morgan fingerprint density at radius 1 is 1.14 bits per heavy atom. The minimum atomic E-state index is -4.55. The molecule has 12 heteroatoms. The molecule has 1 aliphatic heterocycles. The number of hydrogen-bond acceptors (Lipinski definition) is 7. The Morgan fingerprint density at radius 2 is 1.83 bits per heavy atom. The van der Waals surface area contributed by atoms with E-state index in [9.17, 15) is 18.0 Å². The highest BCUT2D eigenvalue weighted by Gasteiger charge is 2.32. The SMILES string of the molecule is COc1ccc(OC)c2sc(N(CCN3CCOCC3)C(=O)c3cccc(C(F)(F)F)c3)nc12.Cl. The number of alkyl halides is 3. The van der Waals surface area contributed by atoms with Crippen LogP contribution in [0, 0.1) is 0 Å². The average molecular weight is 532 g/mol. The van der Waals surface area contributed by atoms with Crippen molar-refractivity contribution in [3.63, 3.8) is 0 Å². The summed E-state index contributed by atoms with van der Waals surface area (Å²) in [5, 5.41) is 0.355. The monoisotopic (exact) mass is 531 g/mol. The molecule has 1 aromatic heterocycles. The number of carbonyl (C=O) groups is 1. The first-order valence-electron chi connectivity index (χ1n) is 10.6. The van der Waals surface area contributed by atoms with E-state index in [-0.39, 0.29) is 24.5 Å². The number of rotatable bonds is 7. The van der Waals surface area contributed by atoms with Crippen LogP contribution in [0.4, 0.5) is 18.3 Å². The number of aromatic nitrogens is 1. The number of amides is 1. The fourth-order valence-corrected chi connectivity index (χ4v) is 4.82. The Kier molecular flexibility index (Phi) is 8.81. The van der Waals surface area contributed by atoms with Gasteiger partial charge in [-0.05, 0) is 30.3 Å². The number of thiazole rings is 1. The van der Waals surface area contributed by atoms with Crippen LogP contribution < -0.4 is 14.4 Å². The van der Waals surface area contributed by atoms with Gasteiger partial charge in [-0.3, -0.25) is 14.6 Å². The zero-order valence-electron chi connectivity index (χ0n) is 19.1. The zero-order valence-corrected chi connectivity index (χ0v) is 20.8. The standard InChI is InChI=1S/C23H24F3N3O4S.ClH/c1-31-17-6-7-18(32-2)20-19(17)27-22(34-20)29(9-8-28-10-12-33-13-11-28)21(30)15-4-3-5-16(14-15)23(24,25)26;/h3-7,14H,8-13H2,1-2H3;1H. The summed E-state index contributed by atoms with van der Waals surface area (Å²) in [7, 11) is 3.05. The summed E-state index contributed by atoms with van der Waals surface area (Å²) in [5.41, 5.74) is -0.413. The Hall–Kier alpha value is -2.60. The van der Waals surface area contributed by atoms with Crippen LogP contribution in [-0.4, -0.2) is 69.4 Å². The first kappa shape index (κ1) is 27.0. The van der Waals surface area contributed by atoms with Crippen molar-refractivity contribution in [3.8, 4) is 11.5 Å². The molecule has 0 N–H and O–H groups in total. The van der Waals surface area contributed by atoms with E-state index < -0.39 is 17.6 Å². The smallest absolute Gasteiger partial charge is 0.416 e. The van der Waals surface area contributed by atoms with Crippen LogP contribution >= 0.6 is 23.7 Å². The third-order valence-electron chi connectivity index (χ3n) is 5.56. The minimum absolute atomic E-state index is 0. The van der Waals surface area contributed by atoms with Crippen LogP contribution in [0.25, 0.3) is 10.2 Å². The van der Waals surface area contributed by atoms with Crippen LogP contribution in [0.1, 0.15) is 15.9 Å². The number of hydrogen-bond donors (Lipinski definition) is 0. The average Bonchev–Trinajstić information content (AvgIpc) is 3.29. The highest BCUT2D eigenvalue weighted by molar-refractivity contribution is 7.22. The second-order valence-electron chi connectivity index (χ2n) is 7.63. The molecule has 0 saturated carbocycles. The van der Waals surface area contributed by atoms with Crippen molar-refractivity contribution in [2.24, 2.45) is 0 Å². The molecule has 2 heterocycles. The van der Waals surface area contributed by atoms with Crippen molar-refractivity contribution in [2.45, 2.75) is 6.18 Å². The summed E-state index contributed by atoms with van der Waals surface area (Å²) in [6.45, 7) is 3.40. The van der Waals surface area contributed by atoms with Crippen molar-refractivity contribution in [1.82, 2.24) is 9.88 Å². The molecule has 4 rings (SSSR count). The fraction of sp³-hybridized carbons (Fsp3) is 0.391. The molecule has 1 aliphatic rings. The van der Waals surface area contributed by atoms with E-state index in [1.165, 1.54) is 42.6 Å². The lowest BCUT2D eigenvalue weighted by Gasteiger charge is -2.29. The number of methoxy groups -OCH3 is 2. The van der Waals surface area contributed by atoms with Gasteiger partial charge in [-0.1, -0.05) is 17.4 Å². The van der Waals surface area contributed by atoms with Gasteiger partial charge in [-0.15, -0.1) is 12.4 Å². The molecule has 0 spiro atoms. The highest BCUT2D eigenvalue weighted by Crippen LogP contribution is 2.40. The van der Waals surface area contributed by atoms with Gasteiger partial charge in [0.05, 0.1) is 33.0 Å². The molecule has 1 amide bonds. The van der Waals surface area contributed by atoms with Crippen molar-refractivity contribution in [2.75, 3.05) is 58.5 Å². The topological polar surface area (TPSA) is 64.1 Å². The van der Waals surface area contributed by atoms with Crippen molar-refractivity contribution in [1.29, 1.82) is 0 Å². The molecular weight excluding hydrogens is 507 g/mol.